The van der Waals surface area contributed by atoms with Gasteiger partial charge >= 0.3 is 0 Å². The molecule has 96 valence electrons. The Morgan fingerprint density at radius 2 is 2.11 bits per heavy atom. The van der Waals surface area contributed by atoms with Gasteiger partial charge in [-0.25, -0.2) is 4.98 Å². The monoisotopic (exact) mass is 381 g/mol. The van der Waals surface area contributed by atoms with Gasteiger partial charge in [0.25, 0.3) is 0 Å². The second-order valence-corrected chi connectivity index (χ2v) is 5.77. The number of fused-ring (bicyclic) bond motifs is 1. The first-order valence-corrected chi connectivity index (χ1v) is 7.12. The molecule has 2 aromatic heterocycles. The van der Waals surface area contributed by atoms with Crippen LogP contribution in [0.3, 0.4) is 0 Å². The molecule has 4 nitrogen and oxygen atoms in total. The van der Waals surface area contributed by atoms with Crippen molar-refractivity contribution in [3.8, 4) is 11.5 Å². The van der Waals surface area contributed by atoms with Gasteiger partial charge in [-0.2, -0.15) is 4.98 Å². The normalized spacial score (nSPS) is 11.1. The Morgan fingerprint density at radius 3 is 2.84 bits per heavy atom. The van der Waals surface area contributed by atoms with E-state index in [2.05, 4.69) is 41.8 Å². The maximum Gasteiger partial charge on any atom is 0.231 e. The Kier molecular flexibility index (Phi) is 3.06. The number of benzene rings is 1. The summed E-state index contributed by atoms with van der Waals surface area (Å²) in [6.45, 7) is 1.95. The standard InChI is InChI=1S/C13H9Br2N3O/c1-6-5-7(14)9(10(15)11(6)16)13-18-12-8(19-13)3-2-4-17-12/h2-5H,16H2,1H3. The van der Waals surface area contributed by atoms with Crippen LogP contribution in [0, 0.1) is 6.92 Å². The average molecular weight is 383 g/mol. The lowest BCUT2D eigenvalue weighted by Gasteiger charge is -2.09. The Hall–Kier alpha value is -1.40. The van der Waals surface area contributed by atoms with Gasteiger partial charge in [-0.1, -0.05) is 0 Å². The second kappa shape index (κ2) is 4.61. The Morgan fingerprint density at radius 1 is 1.32 bits per heavy atom. The number of hydrogen-bond donors (Lipinski definition) is 1. The summed E-state index contributed by atoms with van der Waals surface area (Å²) < 4.78 is 7.36. The predicted molar refractivity (Wildman–Crippen MR) is 81.8 cm³/mol. The van der Waals surface area contributed by atoms with E-state index >= 15 is 0 Å². The number of pyridine rings is 1. The first-order valence-electron chi connectivity index (χ1n) is 5.54. The number of aromatic nitrogens is 2. The van der Waals surface area contributed by atoms with Crippen molar-refractivity contribution in [2.75, 3.05) is 5.73 Å². The van der Waals surface area contributed by atoms with Crippen molar-refractivity contribution in [2.24, 2.45) is 0 Å². The summed E-state index contributed by atoms with van der Waals surface area (Å²) in [5, 5.41) is 0. The lowest BCUT2D eigenvalue weighted by molar-refractivity contribution is 0.619. The molecular formula is C13H9Br2N3O. The minimum absolute atomic E-state index is 0.485. The molecule has 2 heterocycles. The van der Waals surface area contributed by atoms with Gasteiger partial charge in [0.15, 0.2) is 11.2 Å². The topological polar surface area (TPSA) is 64.9 Å². The quantitative estimate of drug-likeness (QED) is 0.637. The van der Waals surface area contributed by atoms with Gasteiger partial charge in [0.05, 0.1) is 10.0 Å². The zero-order chi connectivity index (χ0) is 13.6. The van der Waals surface area contributed by atoms with E-state index < -0.39 is 0 Å². The molecule has 3 rings (SSSR count). The highest BCUT2D eigenvalue weighted by molar-refractivity contribution is 9.11. The summed E-state index contributed by atoms with van der Waals surface area (Å²) in [5.41, 5.74) is 9.71. The molecule has 0 radical (unpaired) electrons. The molecule has 0 saturated heterocycles. The van der Waals surface area contributed by atoms with Crippen LogP contribution in [0.15, 0.2) is 37.8 Å². The van der Waals surface area contributed by atoms with Crippen LogP contribution >= 0.6 is 31.9 Å². The van der Waals surface area contributed by atoms with Crippen molar-refractivity contribution in [3.63, 3.8) is 0 Å². The van der Waals surface area contributed by atoms with E-state index in [1.165, 1.54) is 0 Å². The molecule has 0 amide bonds. The highest BCUT2D eigenvalue weighted by Crippen LogP contribution is 2.40. The van der Waals surface area contributed by atoms with Gasteiger partial charge in [0, 0.05) is 16.4 Å². The molecule has 0 saturated carbocycles. The SMILES string of the molecule is Cc1cc(Br)c(-c2nc3ncccc3o2)c(Br)c1N. The van der Waals surface area contributed by atoms with Gasteiger partial charge < -0.3 is 10.2 Å². The number of anilines is 1. The third-order valence-electron chi connectivity index (χ3n) is 2.84. The van der Waals surface area contributed by atoms with E-state index in [0.717, 1.165) is 20.1 Å². The second-order valence-electron chi connectivity index (χ2n) is 4.12. The fourth-order valence-corrected chi connectivity index (χ4v) is 3.50. The van der Waals surface area contributed by atoms with Crippen molar-refractivity contribution in [1.82, 2.24) is 9.97 Å². The van der Waals surface area contributed by atoms with Gasteiger partial charge in [0.2, 0.25) is 5.89 Å². The fourth-order valence-electron chi connectivity index (χ4n) is 1.82. The maximum atomic E-state index is 6.03. The number of aryl methyl sites for hydroxylation is 1. The molecule has 0 aliphatic heterocycles. The molecule has 0 aliphatic rings. The van der Waals surface area contributed by atoms with Crippen LogP contribution in [-0.4, -0.2) is 9.97 Å². The molecule has 1 aromatic carbocycles. The predicted octanol–water partition coefficient (Wildman–Crippen LogP) is 4.31. The smallest absolute Gasteiger partial charge is 0.231 e. The van der Waals surface area contributed by atoms with Crippen LogP contribution in [0.4, 0.5) is 5.69 Å². The van der Waals surface area contributed by atoms with Gasteiger partial charge in [-0.05, 0) is 62.5 Å². The average Bonchev–Trinajstić information content (AvgIpc) is 2.79. The van der Waals surface area contributed by atoms with Crippen LogP contribution < -0.4 is 5.73 Å². The third-order valence-corrected chi connectivity index (χ3v) is 4.29. The summed E-state index contributed by atoms with van der Waals surface area (Å²) >= 11 is 7.02. The van der Waals surface area contributed by atoms with E-state index in [1.54, 1.807) is 6.20 Å². The van der Waals surface area contributed by atoms with Crippen molar-refractivity contribution in [3.05, 3.63) is 38.9 Å². The summed E-state index contributed by atoms with van der Waals surface area (Å²) in [4.78, 5) is 8.54. The molecule has 0 unspecified atom stereocenters. The van der Waals surface area contributed by atoms with Crippen LogP contribution in [0.2, 0.25) is 0 Å². The summed E-state index contributed by atoms with van der Waals surface area (Å²) in [6, 6.07) is 5.58. The minimum atomic E-state index is 0.485. The largest absolute Gasteiger partial charge is 0.434 e. The molecule has 6 heteroatoms. The molecule has 3 aromatic rings. The molecular weight excluding hydrogens is 374 g/mol. The van der Waals surface area contributed by atoms with Crippen molar-refractivity contribution < 1.29 is 4.42 Å². The first-order chi connectivity index (χ1) is 9.08. The number of hydrogen-bond acceptors (Lipinski definition) is 4. The Balaban J connectivity index is 2.29. The molecule has 0 bridgehead atoms. The molecule has 0 atom stereocenters. The number of nitrogen functional groups attached to an aromatic ring is 1. The minimum Gasteiger partial charge on any atom is -0.434 e. The molecule has 19 heavy (non-hydrogen) atoms. The lowest BCUT2D eigenvalue weighted by atomic mass is 10.1. The summed E-state index contributed by atoms with van der Waals surface area (Å²) in [7, 11) is 0. The Bertz CT molecular complexity index is 750. The molecule has 2 N–H and O–H groups in total. The van der Waals surface area contributed by atoms with Crippen LogP contribution in [0.1, 0.15) is 5.56 Å². The Labute approximate surface area is 126 Å². The van der Waals surface area contributed by atoms with Crippen LogP contribution in [-0.2, 0) is 0 Å². The summed E-state index contributed by atoms with van der Waals surface area (Å²) in [6.07, 6.45) is 1.68. The van der Waals surface area contributed by atoms with E-state index in [9.17, 15) is 0 Å². The first kappa shape index (κ1) is 12.6. The highest BCUT2D eigenvalue weighted by Gasteiger charge is 2.18. The van der Waals surface area contributed by atoms with Crippen molar-refractivity contribution >= 4 is 48.8 Å². The highest BCUT2D eigenvalue weighted by atomic mass is 79.9. The zero-order valence-electron chi connectivity index (χ0n) is 9.95. The van der Waals surface area contributed by atoms with Crippen LogP contribution in [0.25, 0.3) is 22.7 Å². The number of nitrogens with zero attached hydrogens (tertiary/aromatic N) is 2. The van der Waals surface area contributed by atoms with E-state index in [4.69, 9.17) is 10.2 Å². The number of halogens is 2. The zero-order valence-corrected chi connectivity index (χ0v) is 13.1. The number of nitrogens with two attached hydrogens (primary N) is 1. The van der Waals surface area contributed by atoms with E-state index in [1.807, 2.05) is 25.1 Å². The van der Waals surface area contributed by atoms with Gasteiger partial charge in [0.1, 0.15) is 0 Å². The van der Waals surface area contributed by atoms with Crippen molar-refractivity contribution in [1.29, 1.82) is 0 Å². The van der Waals surface area contributed by atoms with E-state index in [0.29, 0.717) is 22.8 Å². The lowest BCUT2D eigenvalue weighted by Crippen LogP contribution is -1.94. The summed E-state index contributed by atoms with van der Waals surface area (Å²) in [5.74, 6) is 0.485. The molecule has 0 fully saturated rings. The molecule has 0 aliphatic carbocycles. The number of oxazole rings is 1. The number of rotatable bonds is 1. The van der Waals surface area contributed by atoms with Crippen LogP contribution in [0.5, 0.6) is 0 Å². The van der Waals surface area contributed by atoms with Gasteiger partial charge in [-0.15, -0.1) is 0 Å². The maximum absolute atomic E-state index is 6.03. The fraction of sp³-hybridized carbons (Fsp3) is 0.0769. The van der Waals surface area contributed by atoms with Crippen molar-refractivity contribution in [2.45, 2.75) is 6.92 Å². The van der Waals surface area contributed by atoms with Gasteiger partial charge in [-0.3, -0.25) is 0 Å². The third kappa shape index (κ3) is 2.04. The van der Waals surface area contributed by atoms with E-state index in [-0.39, 0.29) is 0 Å². The molecule has 0 spiro atoms.